The molecule has 22 heavy (non-hydrogen) atoms. The van der Waals surface area contributed by atoms with Crippen molar-refractivity contribution in [3.63, 3.8) is 0 Å². The van der Waals surface area contributed by atoms with Gasteiger partial charge in [-0.05, 0) is 39.2 Å². The van der Waals surface area contributed by atoms with Crippen molar-refractivity contribution in [2.75, 3.05) is 0 Å². The summed E-state index contributed by atoms with van der Waals surface area (Å²) in [5, 5.41) is 0. The summed E-state index contributed by atoms with van der Waals surface area (Å²) in [6.45, 7) is 10.7. The quantitative estimate of drug-likeness (QED) is 0.596. The highest BCUT2D eigenvalue weighted by molar-refractivity contribution is 6.06. The molecule has 0 aliphatic heterocycles. The van der Waals surface area contributed by atoms with Crippen LogP contribution in [0.1, 0.15) is 47.1 Å². The van der Waals surface area contributed by atoms with Crippen molar-refractivity contribution in [2.24, 2.45) is 5.92 Å². The van der Waals surface area contributed by atoms with E-state index in [1.54, 1.807) is 52.0 Å². The van der Waals surface area contributed by atoms with Crippen molar-refractivity contribution < 1.29 is 19.1 Å². The Kier molecular flexibility index (Phi) is 6.15. The monoisotopic (exact) mass is 306 g/mol. The fourth-order valence-corrected chi connectivity index (χ4v) is 2.44. The van der Waals surface area contributed by atoms with Crippen molar-refractivity contribution in [2.45, 2.75) is 59.2 Å². The second-order valence-electron chi connectivity index (χ2n) is 6.24. The minimum absolute atomic E-state index is 0.299. The zero-order valence-electron chi connectivity index (χ0n) is 14.3. The molecule has 4 nitrogen and oxygen atoms in total. The van der Waals surface area contributed by atoms with Crippen LogP contribution < -0.4 is 0 Å². The Balaban J connectivity index is 3.45. The average molecular weight is 306 g/mol. The van der Waals surface area contributed by atoms with Gasteiger partial charge < -0.3 is 9.47 Å². The summed E-state index contributed by atoms with van der Waals surface area (Å²) in [4.78, 5) is 25.6. The molecule has 0 bridgehead atoms. The Morgan fingerprint density at radius 3 is 1.55 bits per heavy atom. The highest BCUT2D eigenvalue weighted by atomic mass is 16.6. The predicted molar refractivity (Wildman–Crippen MR) is 85.4 cm³/mol. The maximum atomic E-state index is 12.8. The van der Waals surface area contributed by atoms with Crippen LogP contribution in [0.4, 0.5) is 0 Å². The summed E-state index contributed by atoms with van der Waals surface area (Å²) in [6, 6.07) is 8.98. The molecule has 1 rings (SSSR count). The first-order valence-electron chi connectivity index (χ1n) is 7.70. The molecule has 0 fully saturated rings. The van der Waals surface area contributed by atoms with Gasteiger partial charge in [-0.1, -0.05) is 44.2 Å². The lowest BCUT2D eigenvalue weighted by Gasteiger charge is -2.34. The number of ether oxygens (including phenoxy) is 2. The maximum Gasteiger partial charge on any atom is 0.328 e. The van der Waals surface area contributed by atoms with Crippen LogP contribution >= 0.6 is 0 Å². The number of carbonyl (C=O) groups excluding carboxylic acids is 2. The van der Waals surface area contributed by atoms with E-state index in [2.05, 4.69) is 0 Å². The number of carbonyl (C=O) groups is 2. The van der Waals surface area contributed by atoms with Gasteiger partial charge in [0.1, 0.15) is 0 Å². The molecule has 0 unspecified atom stereocenters. The lowest BCUT2D eigenvalue weighted by Crippen LogP contribution is -2.51. The Morgan fingerprint density at radius 2 is 1.23 bits per heavy atom. The maximum absolute atomic E-state index is 12.8. The van der Waals surface area contributed by atoms with Crippen LogP contribution in [-0.2, 0) is 24.5 Å². The molecule has 0 aliphatic carbocycles. The summed E-state index contributed by atoms with van der Waals surface area (Å²) in [5.41, 5.74) is -0.850. The topological polar surface area (TPSA) is 52.6 Å². The summed E-state index contributed by atoms with van der Waals surface area (Å²) in [6.07, 6.45) is -0.609. The molecule has 0 saturated heterocycles. The third-order valence-corrected chi connectivity index (χ3v) is 3.42. The van der Waals surface area contributed by atoms with E-state index in [9.17, 15) is 9.59 Å². The third-order valence-electron chi connectivity index (χ3n) is 3.42. The summed E-state index contributed by atoms with van der Waals surface area (Å²) < 4.78 is 10.8. The van der Waals surface area contributed by atoms with Gasteiger partial charge in [-0.25, -0.2) is 0 Å². The van der Waals surface area contributed by atoms with Crippen molar-refractivity contribution in [1.82, 2.24) is 0 Å². The number of rotatable bonds is 6. The van der Waals surface area contributed by atoms with E-state index in [1.807, 2.05) is 19.9 Å². The van der Waals surface area contributed by atoms with Crippen LogP contribution in [0.2, 0.25) is 0 Å². The van der Waals surface area contributed by atoms with E-state index in [4.69, 9.17) is 9.47 Å². The highest BCUT2D eigenvalue weighted by Gasteiger charge is 2.53. The first-order valence-corrected chi connectivity index (χ1v) is 7.70. The standard InChI is InChI=1S/C18H26O4/c1-12(2)18(16(19)21-13(3)4,17(20)22-14(5)6)15-10-8-7-9-11-15/h7-14H,1-6H3. The van der Waals surface area contributed by atoms with Crippen LogP contribution in [0.3, 0.4) is 0 Å². The largest absolute Gasteiger partial charge is 0.462 e. The molecule has 0 radical (unpaired) electrons. The molecule has 0 saturated carbocycles. The summed E-state index contributed by atoms with van der Waals surface area (Å²) in [7, 11) is 0. The van der Waals surface area contributed by atoms with Crippen LogP contribution in [-0.4, -0.2) is 24.1 Å². The first kappa shape index (κ1) is 18.2. The molecule has 0 N–H and O–H groups in total. The van der Waals surface area contributed by atoms with Gasteiger partial charge in [0, 0.05) is 0 Å². The molecule has 1 aromatic rings. The van der Waals surface area contributed by atoms with Crippen LogP contribution in [0.5, 0.6) is 0 Å². The van der Waals surface area contributed by atoms with E-state index < -0.39 is 17.4 Å². The Morgan fingerprint density at radius 1 is 0.818 bits per heavy atom. The van der Waals surface area contributed by atoms with E-state index in [1.165, 1.54) is 0 Å². The fraction of sp³-hybridized carbons (Fsp3) is 0.556. The third kappa shape index (κ3) is 3.67. The van der Waals surface area contributed by atoms with Gasteiger partial charge in [0.2, 0.25) is 0 Å². The SMILES string of the molecule is CC(C)OC(=O)C(C(=O)OC(C)C)(c1ccccc1)C(C)C. The summed E-state index contributed by atoms with van der Waals surface area (Å²) in [5.74, 6) is -1.42. The van der Waals surface area contributed by atoms with Crippen molar-refractivity contribution in [3.8, 4) is 0 Å². The van der Waals surface area contributed by atoms with Gasteiger partial charge in [-0.2, -0.15) is 0 Å². The minimum Gasteiger partial charge on any atom is -0.462 e. The summed E-state index contributed by atoms with van der Waals surface area (Å²) >= 11 is 0. The zero-order chi connectivity index (χ0) is 16.9. The fourth-order valence-electron chi connectivity index (χ4n) is 2.44. The van der Waals surface area contributed by atoms with E-state index in [0.717, 1.165) is 0 Å². The molecular weight excluding hydrogens is 280 g/mol. The molecule has 0 heterocycles. The smallest absolute Gasteiger partial charge is 0.328 e. The van der Waals surface area contributed by atoms with Crippen molar-refractivity contribution in [3.05, 3.63) is 35.9 Å². The molecule has 0 spiro atoms. The molecule has 1 aromatic carbocycles. The molecule has 4 heteroatoms. The number of hydrogen-bond donors (Lipinski definition) is 0. The van der Waals surface area contributed by atoms with Crippen molar-refractivity contribution >= 4 is 11.9 Å². The number of esters is 2. The van der Waals surface area contributed by atoms with E-state index in [-0.39, 0.29) is 18.1 Å². The van der Waals surface area contributed by atoms with Gasteiger partial charge in [0.05, 0.1) is 12.2 Å². The van der Waals surface area contributed by atoms with Crippen LogP contribution in [0.25, 0.3) is 0 Å². The molecular formula is C18H26O4. The van der Waals surface area contributed by atoms with Gasteiger partial charge in [0.15, 0.2) is 5.41 Å². The lowest BCUT2D eigenvalue weighted by molar-refractivity contribution is -0.172. The van der Waals surface area contributed by atoms with Crippen LogP contribution in [0, 0.1) is 5.92 Å². The normalized spacial score (nSPS) is 11.9. The van der Waals surface area contributed by atoms with E-state index in [0.29, 0.717) is 5.56 Å². The molecule has 122 valence electrons. The predicted octanol–water partition coefficient (Wildman–Crippen LogP) is 3.48. The van der Waals surface area contributed by atoms with Gasteiger partial charge in [0.25, 0.3) is 0 Å². The van der Waals surface area contributed by atoms with Crippen LogP contribution in [0.15, 0.2) is 30.3 Å². The number of hydrogen-bond acceptors (Lipinski definition) is 4. The Labute approximate surface area is 132 Å². The second kappa shape index (κ2) is 7.43. The Bertz CT molecular complexity index is 481. The van der Waals surface area contributed by atoms with Crippen molar-refractivity contribution in [1.29, 1.82) is 0 Å². The first-order chi connectivity index (χ1) is 10.2. The molecule has 0 aliphatic rings. The van der Waals surface area contributed by atoms with Gasteiger partial charge >= 0.3 is 11.9 Å². The highest BCUT2D eigenvalue weighted by Crippen LogP contribution is 2.36. The zero-order valence-corrected chi connectivity index (χ0v) is 14.3. The lowest BCUT2D eigenvalue weighted by atomic mass is 9.71. The molecule has 0 aromatic heterocycles. The van der Waals surface area contributed by atoms with Gasteiger partial charge in [-0.15, -0.1) is 0 Å². The Hall–Kier alpha value is -1.84. The minimum atomic E-state index is -1.45. The molecule has 0 amide bonds. The molecule has 0 atom stereocenters. The second-order valence-corrected chi connectivity index (χ2v) is 6.24. The van der Waals surface area contributed by atoms with E-state index >= 15 is 0 Å². The number of benzene rings is 1. The average Bonchev–Trinajstić information content (AvgIpc) is 2.38. The van der Waals surface area contributed by atoms with Gasteiger partial charge in [-0.3, -0.25) is 9.59 Å².